The summed E-state index contributed by atoms with van der Waals surface area (Å²) >= 11 is 10.2. The molecule has 1 heterocycles. The van der Waals surface area contributed by atoms with Gasteiger partial charge in [0, 0.05) is 20.6 Å². The minimum atomic E-state index is 0.275. The van der Waals surface area contributed by atoms with Crippen LogP contribution in [0.4, 0.5) is 5.69 Å². The highest BCUT2D eigenvalue weighted by atomic mass is 79.9. The largest absolute Gasteiger partial charge is 0.389 e. The number of thiophene rings is 1. The van der Waals surface area contributed by atoms with Gasteiger partial charge in [-0.2, -0.15) is 0 Å². The third-order valence-electron chi connectivity index (χ3n) is 2.60. The van der Waals surface area contributed by atoms with E-state index >= 15 is 0 Å². The van der Waals surface area contributed by atoms with Crippen LogP contribution in [0.2, 0.25) is 0 Å². The molecule has 1 aromatic carbocycles. The molecule has 0 saturated carbocycles. The van der Waals surface area contributed by atoms with Crippen molar-refractivity contribution in [3.05, 3.63) is 50.6 Å². The third kappa shape index (κ3) is 3.10. The zero-order valence-electron chi connectivity index (χ0n) is 9.81. The number of nitrogens with one attached hydrogen (secondary N) is 1. The van der Waals surface area contributed by atoms with E-state index in [4.69, 9.17) is 18.0 Å². The molecule has 0 aliphatic rings. The molecule has 2 aromatic rings. The van der Waals surface area contributed by atoms with E-state index in [0.717, 1.165) is 15.7 Å². The maximum atomic E-state index is 5.60. The SMILES string of the molecule is CC(Nc1ccc(C(N)=S)cc1Br)c1cccs1. The highest BCUT2D eigenvalue weighted by Gasteiger charge is 2.09. The van der Waals surface area contributed by atoms with Crippen molar-refractivity contribution in [1.29, 1.82) is 0 Å². The smallest absolute Gasteiger partial charge is 0.104 e. The molecule has 0 radical (unpaired) electrons. The average Bonchev–Trinajstić information content (AvgIpc) is 2.85. The van der Waals surface area contributed by atoms with Crippen molar-refractivity contribution in [2.45, 2.75) is 13.0 Å². The van der Waals surface area contributed by atoms with Crippen molar-refractivity contribution in [3.8, 4) is 0 Å². The van der Waals surface area contributed by atoms with Gasteiger partial charge in [0.05, 0.1) is 6.04 Å². The Labute approximate surface area is 124 Å². The molecule has 0 bridgehead atoms. The highest BCUT2D eigenvalue weighted by molar-refractivity contribution is 9.10. The fourth-order valence-corrected chi connectivity index (χ4v) is 2.98. The van der Waals surface area contributed by atoms with Crippen LogP contribution < -0.4 is 11.1 Å². The first-order valence-corrected chi connectivity index (χ1v) is 7.55. The van der Waals surface area contributed by atoms with Crippen molar-refractivity contribution >= 4 is 50.2 Å². The van der Waals surface area contributed by atoms with Gasteiger partial charge in [0.2, 0.25) is 0 Å². The lowest BCUT2D eigenvalue weighted by molar-refractivity contribution is 0.907. The second kappa shape index (κ2) is 5.82. The van der Waals surface area contributed by atoms with Crippen LogP contribution in [0, 0.1) is 0 Å². The molecule has 3 N–H and O–H groups in total. The normalized spacial score (nSPS) is 12.1. The summed E-state index contributed by atoms with van der Waals surface area (Å²) in [4.78, 5) is 1.72. The quantitative estimate of drug-likeness (QED) is 0.814. The summed E-state index contributed by atoms with van der Waals surface area (Å²) in [5, 5.41) is 5.54. The molecule has 1 unspecified atom stereocenters. The summed E-state index contributed by atoms with van der Waals surface area (Å²) < 4.78 is 0.969. The van der Waals surface area contributed by atoms with E-state index in [0.29, 0.717) is 4.99 Å². The number of nitrogens with two attached hydrogens (primary N) is 1. The molecule has 0 fully saturated rings. The number of anilines is 1. The zero-order chi connectivity index (χ0) is 13.1. The number of halogens is 1. The second-order valence-electron chi connectivity index (χ2n) is 3.94. The first kappa shape index (κ1) is 13.5. The van der Waals surface area contributed by atoms with Gasteiger partial charge in [-0.1, -0.05) is 18.3 Å². The molecule has 5 heteroatoms. The van der Waals surface area contributed by atoms with E-state index in [9.17, 15) is 0 Å². The number of thiocarbonyl (C=S) groups is 1. The molecule has 0 amide bonds. The van der Waals surface area contributed by atoms with Crippen molar-refractivity contribution in [2.24, 2.45) is 5.73 Å². The molecule has 94 valence electrons. The Balaban J connectivity index is 2.17. The van der Waals surface area contributed by atoms with Gasteiger partial charge in [0.15, 0.2) is 0 Å². The summed E-state index contributed by atoms with van der Waals surface area (Å²) in [6, 6.07) is 10.3. The maximum absolute atomic E-state index is 5.60. The lowest BCUT2D eigenvalue weighted by atomic mass is 10.2. The lowest BCUT2D eigenvalue weighted by Crippen LogP contribution is -2.10. The fourth-order valence-electron chi connectivity index (χ4n) is 1.63. The molecular weight excluding hydrogens is 328 g/mol. The summed E-state index contributed by atoms with van der Waals surface area (Å²) in [6.45, 7) is 2.14. The van der Waals surface area contributed by atoms with Gasteiger partial charge in [-0.25, -0.2) is 0 Å². The Kier molecular flexibility index (Phi) is 4.37. The van der Waals surface area contributed by atoms with Gasteiger partial charge >= 0.3 is 0 Å². The minimum absolute atomic E-state index is 0.275. The van der Waals surface area contributed by atoms with Crippen LogP contribution in [-0.2, 0) is 0 Å². The molecule has 2 rings (SSSR count). The number of hydrogen-bond acceptors (Lipinski definition) is 3. The van der Waals surface area contributed by atoms with Gasteiger partial charge in [-0.05, 0) is 52.5 Å². The number of hydrogen-bond donors (Lipinski definition) is 2. The summed E-state index contributed by atoms with van der Waals surface area (Å²) in [5.74, 6) is 0. The topological polar surface area (TPSA) is 38.0 Å². The molecule has 1 atom stereocenters. The first-order valence-electron chi connectivity index (χ1n) is 5.47. The van der Waals surface area contributed by atoms with Crippen LogP contribution in [-0.4, -0.2) is 4.99 Å². The first-order chi connectivity index (χ1) is 8.58. The molecular formula is C13H13BrN2S2. The fraction of sp³-hybridized carbons (Fsp3) is 0.154. The Morgan fingerprint density at radius 1 is 1.44 bits per heavy atom. The van der Waals surface area contributed by atoms with Gasteiger partial charge in [-0.15, -0.1) is 11.3 Å². The van der Waals surface area contributed by atoms with Gasteiger partial charge in [-0.3, -0.25) is 0 Å². The maximum Gasteiger partial charge on any atom is 0.104 e. The predicted molar refractivity (Wildman–Crippen MR) is 86.4 cm³/mol. The molecule has 0 aliphatic carbocycles. The number of rotatable bonds is 4. The molecule has 0 saturated heterocycles. The van der Waals surface area contributed by atoms with Gasteiger partial charge < -0.3 is 11.1 Å². The second-order valence-corrected chi connectivity index (χ2v) is 6.21. The van der Waals surface area contributed by atoms with E-state index in [2.05, 4.69) is 45.7 Å². The standard InChI is InChI=1S/C13H13BrN2S2/c1-8(12-3-2-6-18-12)16-11-5-4-9(13(15)17)7-10(11)14/h2-8,16H,1H3,(H2,15,17). The average molecular weight is 341 g/mol. The third-order valence-corrected chi connectivity index (χ3v) is 4.54. The van der Waals surface area contributed by atoms with Crippen molar-refractivity contribution in [1.82, 2.24) is 0 Å². The van der Waals surface area contributed by atoms with Crippen molar-refractivity contribution < 1.29 is 0 Å². The molecule has 1 aromatic heterocycles. The lowest BCUT2D eigenvalue weighted by Gasteiger charge is -2.15. The van der Waals surface area contributed by atoms with Crippen molar-refractivity contribution in [2.75, 3.05) is 5.32 Å². The Morgan fingerprint density at radius 3 is 2.78 bits per heavy atom. The minimum Gasteiger partial charge on any atom is -0.389 e. The van der Waals surface area contributed by atoms with Gasteiger partial charge in [0.25, 0.3) is 0 Å². The van der Waals surface area contributed by atoms with Crippen LogP contribution in [0.25, 0.3) is 0 Å². The summed E-state index contributed by atoms with van der Waals surface area (Å²) in [7, 11) is 0. The van der Waals surface area contributed by atoms with Gasteiger partial charge in [0.1, 0.15) is 4.99 Å². The van der Waals surface area contributed by atoms with E-state index in [1.54, 1.807) is 11.3 Å². The van der Waals surface area contributed by atoms with Crippen LogP contribution >= 0.6 is 39.5 Å². The Morgan fingerprint density at radius 2 is 2.22 bits per heavy atom. The van der Waals surface area contributed by atoms with E-state index in [1.165, 1.54) is 4.88 Å². The summed E-state index contributed by atoms with van der Waals surface area (Å²) in [5.41, 5.74) is 7.51. The Bertz CT molecular complexity index is 552. The molecule has 2 nitrogen and oxygen atoms in total. The Hall–Kier alpha value is -0.910. The molecule has 18 heavy (non-hydrogen) atoms. The van der Waals surface area contributed by atoms with Crippen LogP contribution in [0.5, 0.6) is 0 Å². The highest BCUT2D eigenvalue weighted by Crippen LogP contribution is 2.29. The van der Waals surface area contributed by atoms with Crippen LogP contribution in [0.15, 0.2) is 40.2 Å². The molecule has 0 spiro atoms. The monoisotopic (exact) mass is 340 g/mol. The summed E-state index contributed by atoms with van der Waals surface area (Å²) in [6.07, 6.45) is 0. The predicted octanol–water partition coefficient (Wildman–Crippen LogP) is 4.32. The van der Waals surface area contributed by atoms with E-state index in [1.807, 2.05) is 18.2 Å². The van der Waals surface area contributed by atoms with Crippen LogP contribution in [0.3, 0.4) is 0 Å². The zero-order valence-corrected chi connectivity index (χ0v) is 13.0. The van der Waals surface area contributed by atoms with Crippen LogP contribution in [0.1, 0.15) is 23.4 Å². The van der Waals surface area contributed by atoms with E-state index in [-0.39, 0.29) is 6.04 Å². The van der Waals surface area contributed by atoms with Crippen molar-refractivity contribution in [3.63, 3.8) is 0 Å². The number of benzene rings is 1. The van der Waals surface area contributed by atoms with E-state index < -0.39 is 0 Å². The molecule has 0 aliphatic heterocycles.